The highest BCUT2D eigenvalue weighted by molar-refractivity contribution is 14.0. The van der Waals surface area contributed by atoms with Crippen molar-refractivity contribution in [3.05, 3.63) is 58.5 Å². The highest BCUT2D eigenvalue weighted by Gasteiger charge is 2.28. The van der Waals surface area contributed by atoms with Crippen molar-refractivity contribution in [3.8, 4) is 0 Å². The van der Waals surface area contributed by atoms with Gasteiger partial charge in [-0.2, -0.15) is 0 Å². The summed E-state index contributed by atoms with van der Waals surface area (Å²) in [6.45, 7) is 9.68. The van der Waals surface area contributed by atoms with Crippen molar-refractivity contribution < 1.29 is 14.3 Å². The van der Waals surface area contributed by atoms with E-state index in [1.807, 2.05) is 43.9 Å². The number of hydrogen-bond acceptors (Lipinski definition) is 4. The zero-order chi connectivity index (χ0) is 21.7. The van der Waals surface area contributed by atoms with Gasteiger partial charge in [0.1, 0.15) is 23.7 Å². The molecule has 2 aromatic rings. The van der Waals surface area contributed by atoms with Crippen molar-refractivity contribution in [2.45, 2.75) is 46.3 Å². The first kappa shape index (κ1) is 25.2. The summed E-state index contributed by atoms with van der Waals surface area (Å²) in [5.74, 6) is 1.95. The van der Waals surface area contributed by atoms with Gasteiger partial charge in [0.2, 0.25) is 5.91 Å². The maximum absolute atomic E-state index is 12.7. The molecule has 1 amide bonds. The molecule has 2 heterocycles. The third-order valence-corrected chi connectivity index (χ3v) is 5.42. The van der Waals surface area contributed by atoms with Gasteiger partial charge in [-0.1, -0.05) is 24.3 Å². The Morgan fingerprint density at radius 2 is 1.97 bits per heavy atom. The second-order valence-corrected chi connectivity index (χ2v) is 7.98. The van der Waals surface area contributed by atoms with E-state index in [4.69, 9.17) is 4.42 Å². The van der Waals surface area contributed by atoms with Crippen LogP contribution < -0.4 is 10.6 Å². The predicted molar refractivity (Wildman–Crippen MR) is 133 cm³/mol. The summed E-state index contributed by atoms with van der Waals surface area (Å²) < 4.78 is 5.54. The molecule has 1 unspecified atom stereocenters. The van der Waals surface area contributed by atoms with Crippen LogP contribution in [0.5, 0.6) is 0 Å². The number of amides is 1. The summed E-state index contributed by atoms with van der Waals surface area (Å²) >= 11 is 0. The van der Waals surface area contributed by atoms with Crippen molar-refractivity contribution in [2.75, 3.05) is 26.2 Å². The number of carbonyl (C=O) groups excluding carboxylic acids is 1. The minimum absolute atomic E-state index is 0. The van der Waals surface area contributed by atoms with Gasteiger partial charge in [0.05, 0.1) is 6.54 Å². The van der Waals surface area contributed by atoms with Crippen LogP contribution in [-0.2, 0) is 23.4 Å². The van der Waals surface area contributed by atoms with E-state index < -0.39 is 5.60 Å². The van der Waals surface area contributed by atoms with Crippen LogP contribution in [0.15, 0.2) is 39.7 Å². The summed E-state index contributed by atoms with van der Waals surface area (Å²) in [5, 5.41) is 17.2. The topological polar surface area (TPSA) is 90.1 Å². The number of nitrogens with one attached hydrogen (secondary N) is 2. The Hall–Kier alpha value is -2.07. The average molecular weight is 540 g/mol. The molecule has 1 aliphatic rings. The minimum Gasteiger partial charge on any atom is -0.466 e. The van der Waals surface area contributed by atoms with Gasteiger partial charge in [0.25, 0.3) is 0 Å². The fourth-order valence-electron chi connectivity index (χ4n) is 3.81. The van der Waals surface area contributed by atoms with Gasteiger partial charge in [-0.25, -0.2) is 4.99 Å². The number of hydrogen-bond donors (Lipinski definition) is 3. The number of carbonyl (C=O) groups is 1. The largest absolute Gasteiger partial charge is 0.466 e. The van der Waals surface area contributed by atoms with Crippen molar-refractivity contribution in [2.24, 2.45) is 4.99 Å². The molecule has 1 aliphatic heterocycles. The highest BCUT2D eigenvalue weighted by atomic mass is 127. The fraction of sp³-hybridized carbons (Fsp3) is 0.478. The lowest BCUT2D eigenvalue weighted by molar-refractivity contribution is -0.130. The maximum atomic E-state index is 12.7. The smallest absolute Gasteiger partial charge is 0.244 e. The quantitative estimate of drug-likeness (QED) is 0.298. The molecule has 0 bridgehead atoms. The number of aryl methyl sites for hydroxylation is 2. The van der Waals surface area contributed by atoms with E-state index in [0.717, 1.165) is 17.7 Å². The zero-order valence-electron chi connectivity index (χ0n) is 18.7. The molecule has 0 fully saturated rings. The second kappa shape index (κ2) is 11.0. The summed E-state index contributed by atoms with van der Waals surface area (Å²) in [7, 11) is 0. The molecule has 31 heavy (non-hydrogen) atoms. The first-order valence-corrected chi connectivity index (χ1v) is 10.5. The summed E-state index contributed by atoms with van der Waals surface area (Å²) in [6, 6.07) is 10.1. The van der Waals surface area contributed by atoms with E-state index in [1.165, 1.54) is 11.1 Å². The Labute approximate surface area is 201 Å². The standard InChI is InChI=1S/C23H32N4O3.HI/c1-5-24-22(26-15-23(4,29)20-12-16(2)30-17(20)3)25-13-21(28)27-11-10-18-8-6-7-9-19(18)14-27;/h6-9,12,29H,5,10-11,13-15H2,1-4H3,(H2,24,25,26);1H. The molecule has 170 valence electrons. The van der Waals surface area contributed by atoms with E-state index in [1.54, 1.807) is 6.92 Å². The van der Waals surface area contributed by atoms with E-state index >= 15 is 0 Å². The molecule has 3 rings (SSSR count). The van der Waals surface area contributed by atoms with Gasteiger partial charge in [0.15, 0.2) is 5.96 Å². The Morgan fingerprint density at radius 3 is 2.61 bits per heavy atom. The van der Waals surface area contributed by atoms with Crippen LogP contribution in [-0.4, -0.2) is 48.1 Å². The molecule has 0 radical (unpaired) electrons. The van der Waals surface area contributed by atoms with Crippen molar-refractivity contribution in [1.82, 2.24) is 15.5 Å². The average Bonchev–Trinajstić information content (AvgIpc) is 3.08. The first-order chi connectivity index (χ1) is 14.3. The molecular weight excluding hydrogens is 507 g/mol. The number of nitrogens with zero attached hydrogens (tertiary/aromatic N) is 2. The molecule has 3 N–H and O–H groups in total. The summed E-state index contributed by atoms with van der Waals surface area (Å²) in [5.41, 5.74) is 2.13. The van der Waals surface area contributed by atoms with Crippen LogP contribution in [0.25, 0.3) is 0 Å². The number of rotatable bonds is 6. The maximum Gasteiger partial charge on any atom is 0.244 e. The molecule has 1 aromatic carbocycles. The number of halogens is 1. The van der Waals surface area contributed by atoms with Crippen LogP contribution in [0, 0.1) is 13.8 Å². The number of aliphatic imine (C=N–C) groups is 1. The van der Waals surface area contributed by atoms with Gasteiger partial charge in [-0.15, -0.1) is 24.0 Å². The lowest BCUT2D eigenvalue weighted by atomic mass is 9.96. The molecule has 0 saturated heterocycles. The van der Waals surface area contributed by atoms with Gasteiger partial charge in [-0.3, -0.25) is 4.79 Å². The minimum atomic E-state index is -1.13. The van der Waals surface area contributed by atoms with Crippen LogP contribution in [0.2, 0.25) is 0 Å². The van der Waals surface area contributed by atoms with Crippen LogP contribution in [0.3, 0.4) is 0 Å². The normalized spacial score (nSPS) is 15.5. The number of furan rings is 1. The SMILES string of the molecule is CCNC(=NCC(=O)N1CCc2ccccc2C1)NCC(C)(O)c1cc(C)oc1C.I. The van der Waals surface area contributed by atoms with E-state index in [2.05, 4.69) is 27.8 Å². The van der Waals surface area contributed by atoms with Crippen molar-refractivity contribution in [1.29, 1.82) is 0 Å². The van der Waals surface area contributed by atoms with Gasteiger partial charge >= 0.3 is 0 Å². The van der Waals surface area contributed by atoms with Gasteiger partial charge in [0, 0.05) is 25.2 Å². The molecule has 8 heteroatoms. The number of aliphatic hydroxyl groups is 1. The monoisotopic (exact) mass is 540 g/mol. The third-order valence-electron chi connectivity index (χ3n) is 5.42. The number of guanidine groups is 1. The Kier molecular flexibility index (Phi) is 8.93. The predicted octanol–water partition coefficient (Wildman–Crippen LogP) is 2.86. The Morgan fingerprint density at radius 1 is 1.26 bits per heavy atom. The van der Waals surface area contributed by atoms with Crippen LogP contribution in [0.4, 0.5) is 0 Å². The van der Waals surface area contributed by atoms with E-state index in [-0.39, 0.29) is 43.0 Å². The molecule has 0 spiro atoms. The van der Waals surface area contributed by atoms with Gasteiger partial charge < -0.3 is 25.1 Å². The first-order valence-electron chi connectivity index (χ1n) is 10.5. The molecule has 1 aromatic heterocycles. The fourth-order valence-corrected chi connectivity index (χ4v) is 3.81. The third kappa shape index (κ3) is 6.46. The lowest BCUT2D eigenvalue weighted by Crippen LogP contribution is -2.45. The van der Waals surface area contributed by atoms with E-state index in [0.29, 0.717) is 31.4 Å². The van der Waals surface area contributed by atoms with E-state index in [9.17, 15) is 9.90 Å². The molecule has 0 aliphatic carbocycles. The zero-order valence-corrected chi connectivity index (χ0v) is 21.0. The molecular formula is C23H33IN4O3. The summed E-state index contributed by atoms with van der Waals surface area (Å²) in [6.07, 6.45) is 0.871. The van der Waals surface area contributed by atoms with Gasteiger partial charge in [-0.05, 0) is 51.3 Å². The highest BCUT2D eigenvalue weighted by Crippen LogP contribution is 2.26. The van der Waals surface area contributed by atoms with Crippen LogP contribution >= 0.6 is 24.0 Å². The summed E-state index contributed by atoms with van der Waals surface area (Å²) in [4.78, 5) is 19.0. The van der Waals surface area contributed by atoms with Crippen LogP contribution in [0.1, 0.15) is 42.1 Å². The Bertz CT molecular complexity index is 923. The molecule has 0 saturated carbocycles. The second-order valence-electron chi connectivity index (χ2n) is 7.98. The molecule has 7 nitrogen and oxygen atoms in total. The number of benzene rings is 1. The van der Waals surface area contributed by atoms with Crippen molar-refractivity contribution in [3.63, 3.8) is 0 Å². The molecule has 1 atom stereocenters. The Balaban J connectivity index is 0.00000341. The lowest BCUT2D eigenvalue weighted by Gasteiger charge is -2.28. The number of fused-ring (bicyclic) bond motifs is 1. The van der Waals surface area contributed by atoms with Crippen molar-refractivity contribution >= 4 is 35.8 Å².